The Morgan fingerprint density at radius 2 is 1.86 bits per heavy atom. The van der Waals surface area contributed by atoms with E-state index in [0.29, 0.717) is 24.5 Å². The number of aromatic amines is 1. The number of nitrogens with one attached hydrogen (secondary N) is 1. The molecule has 3 fully saturated rings. The Balaban J connectivity index is 1.18. The van der Waals surface area contributed by atoms with E-state index in [1.54, 1.807) is 30.2 Å². The number of Topliss-reactive ketones (excluding diaryl/α,β-unsaturated/α-hetero) is 1. The number of thioether (sulfide) groups is 1. The topological polar surface area (TPSA) is 95.4 Å². The molecular weight excluding hydrogens is 589 g/mol. The second-order valence-electron chi connectivity index (χ2n) is 14.8. The van der Waals surface area contributed by atoms with Gasteiger partial charge < -0.3 is 19.9 Å². The maximum absolute atomic E-state index is 14.6. The van der Waals surface area contributed by atoms with Gasteiger partial charge in [-0.3, -0.25) is 4.79 Å². The van der Waals surface area contributed by atoms with Crippen molar-refractivity contribution in [3.63, 3.8) is 0 Å². The fourth-order valence-corrected chi connectivity index (χ4v) is 12.6. The molecule has 3 aromatic rings. The molecule has 8 heteroatoms. The van der Waals surface area contributed by atoms with Crippen molar-refractivity contribution in [3.05, 3.63) is 63.9 Å². The molecule has 9 rings (SSSR count). The average molecular weight is 631 g/mol. The summed E-state index contributed by atoms with van der Waals surface area (Å²) in [5, 5.41) is 24.3. The number of rotatable bonds is 6. The minimum Gasteiger partial charge on any atom is -0.497 e. The highest BCUT2D eigenvalue weighted by atomic mass is 32.2. The fourth-order valence-electron chi connectivity index (χ4n) is 10.6. The number of aryl methyl sites for hydroxylation is 1. The predicted molar refractivity (Wildman–Crippen MR) is 175 cm³/mol. The van der Waals surface area contributed by atoms with Crippen LogP contribution in [-0.4, -0.2) is 50.5 Å². The molecule has 3 N–H and O–H groups in total. The lowest BCUT2D eigenvalue weighted by molar-refractivity contribution is -0.166. The molecule has 2 spiro atoms. The van der Waals surface area contributed by atoms with E-state index in [4.69, 9.17) is 9.72 Å². The van der Waals surface area contributed by atoms with Crippen molar-refractivity contribution < 1.29 is 19.7 Å². The molecule has 2 heterocycles. The van der Waals surface area contributed by atoms with E-state index in [1.807, 2.05) is 30.3 Å². The molecule has 44 heavy (non-hydrogen) atoms. The average Bonchev–Trinajstić information content (AvgIpc) is 3.70. The quantitative estimate of drug-likeness (QED) is 0.148. The number of aliphatic hydroxyl groups excluding tert-OH is 1. The third-order valence-electron chi connectivity index (χ3n) is 13.0. The number of aliphatic hydroxyl groups is 2. The van der Waals surface area contributed by atoms with Crippen LogP contribution >= 0.6 is 23.1 Å². The number of hydrogen-bond acceptors (Lipinski definition) is 7. The molecule has 0 amide bonds. The standard InChI is InChI=1S/C36H42N2O4S2/c1-21-5-8-27(44-21)30(40)24-19-34-15-16-36(24)28(32(34,2)12-9-22(39)18-34)10-13-33(3)29(36)11-14-35(33,41)20-43-31-37-25-7-6-23(42-4)17-26(25)38-31/h5-8,15-17,19,22,28-29,39,41H,9-14,18,20H2,1-4H3,(H,37,38)/t22?,28-,29-,32-,33+,34+,35-,36-/m1/s1. The van der Waals surface area contributed by atoms with Gasteiger partial charge in [-0.05, 0) is 93.4 Å². The van der Waals surface area contributed by atoms with Gasteiger partial charge in [0.2, 0.25) is 0 Å². The monoisotopic (exact) mass is 630 g/mol. The largest absolute Gasteiger partial charge is 0.497 e. The Bertz CT molecular complexity index is 1740. The Hall–Kier alpha value is -2.39. The van der Waals surface area contributed by atoms with Crippen molar-refractivity contribution in [1.29, 1.82) is 0 Å². The molecule has 0 radical (unpaired) electrons. The number of methoxy groups -OCH3 is 1. The van der Waals surface area contributed by atoms with Crippen LogP contribution in [0, 0.1) is 40.4 Å². The first kappa shape index (κ1) is 29.0. The minimum atomic E-state index is -0.893. The van der Waals surface area contributed by atoms with Crippen molar-refractivity contribution in [2.75, 3.05) is 12.9 Å². The van der Waals surface area contributed by atoms with Gasteiger partial charge >= 0.3 is 0 Å². The highest BCUT2D eigenvalue weighted by molar-refractivity contribution is 7.99. The van der Waals surface area contributed by atoms with Crippen molar-refractivity contribution in [2.24, 2.45) is 33.5 Å². The zero-order valence-electron chi connectivity index (χ0n) is 26.0. The van der Waals surface area contributed by atoms with Crippen LogP contribution in [0.5, 0.6) is 5.75 Å². The molecule has 0 aliphatic heterocycles. The number of imidazole rings is 1. The van der Waals surface area contributed by atoms with Crippen LogP contribution in [-0.2, 0) is 0 Å². The Kier molecular flexibility index (Phi) is 6.31. The van der Waals surface area contributed by atoms with Crippen molar-refractivity contribution in [1.82, 2.24) is 9.97 Å². The van der Waals surface area contributed by atoms with Gasteiger partial charge in [0, 0.05) is 38.5 Å². The van der Waals surface area contributed by atoms with Gasteiger partial charge in [0.1, 0.15) is 5.75 Å². The molecule has 0 saturated heterocycles. The van der Waals surface area contributed by atoms with Crippen molar-refractivity contribution in [3.8, 4) is 5.75 Å². The second-order valence-corrected chi connectivity index (χ2v) is 17.0. The molecule has 6 aliphatic rings. The van der Waals surface area contributed by atoms with E-state index < -0.39 is 11.0 Å². The molecular formula is C36H42N2O4S2. The summed E-state index contributed by atoms with van der Waals surface area (Å²) in [6.45, 7) is 6.79. The number of benzene rings is 1. The van der Waals surface area contributed by atoms with E-state index >= 15 is 0 Å². The van der Waals surface area contributed by atoms with E-state index in [-0.39, 0.29) is 34.1 Å². The van der Waals surface area contributed by atoms with Gasteiger partial charge in [-0.15, -0.1) is 11.3 Å². The third-order valence-corrected chi connectivity index (χ3v) is 15.1. The molecule has 232 valence electrons. The zero-order valence-corrected chi connectivity index (χ0v) is 27.6. The summed E-state index contributed by atoms with van der Waals surface area (Å²) in [5.41, 5.74) is 0.729. The van der Waals surface area contributed by atoms with E-state index in [1.165, 1.54) is 0 Å². The summed E-state index contributed by atoms with van der Waals surface area (Å²) in [4.78, 5) is 24.7. The summed E-state index contributed by atoms with van der Waals surface area (Å²) in [6.07, 6.45) is 12.7. The summed E-state index contributed by atoms with van der Waals surface area (Å²) >= 11 is 3.17. The number of ketones is 1. The number of thiophene rings is 1. The maximum Gasteiger partial charge on any atom is 0.199 e. The first-order valence-electron chi connectivity index (χ1n) is 16.1. The molecule has 1 aromatic carbocycles. The van der Waals surface area contributed by atoms with Gasteiger partial charge in [-0.25, -0.2) is 4.98 Å². The van der Waals surface area contributed by atoms with Crippen molar-refractivity contribution in [2.45, 2.75) is 82.6 Å². The molecule has 2 bridgehead atoms. The summed E-state index contributed by atoms with van der Waals surface area (Å²) in [5.74, 6) is 1.93. The van der Waals surface area contributed by atoms with Gasteiger partial charge in [-0.1, -0.05) is 43.8 Å². The molecule has 6 nitrogen and oxygen atoms in total. The number of H-pyrrole nitrogens is 1. The summed E-state index contributed by atoms with van der Waals surface area (Å²) < 4.78 is 5.39. The predicted octanol–water partition coefficient (Wildman–Crippen LogP) is 7.51. The molecule has 8 atom stereocenters. The number of carbonyl (C=O) groups excluding carboxylic acids is 1. The van der Waals surface area contributed by atoms with Gasteiger partial charge in [0.05, 0.1) is 34.7 Å². The first-order valence-corrected chi connectivity index (χ1v) is 17.9. The lowest BCUT2D eigenvalue weighted by Gasteiger charge is -2.71. The number of fused-ring (bicyclic) bond motifs is 2. The van der Waals surface area contributed by atoms with Crippen LogP contribution < -0.4 is 4.74 Å². The Morgan fingerprint density at radius 3 is 2.64 bits per heavy atom. The van der Waals surface area contributed by atoms with Crippen molar-refractivity contribution >= 4 is 39.9 Å². The fraction of sp³-hybridized carbons (Fsp3) is 0.556. The number of ether oxygens (including phenoxy) is 1. The SMILES string of the molecule is COc1ccc2nc(SC[C@]3(O)CC[C@H]4[C@]56C=C[C@@]7(C=C5C(=O)c5ccc(C)s5)CC(O)CC[C@]7(C)[C@H]6CC[C@@]43C)[nH]c2c1. The van der Waals surface area contributed by atoms with Crippen LogP contribution in [0.3, 0.4) is 0 Å². The second kappa shape index (κ2) is 9.57. The van der Waals surface area contributed by atoms with E-state index in [2.05, 4.69) is 44.0 Å². The van der Waals surface area contributed by atoms with Crippen LogP contribution in [0.25, 0.3) is 11.0 Å². The lowest BCUT2D eigenvalue weighted by atomic mass is 9.33. The van der Waals surface area contributed by atoms with Crippen LogP contribution in [0.1, 0.15) is 73.3 Å². The molecule has 3 saturated carbocycles. The normalized spacial score (nSPS) is 40.4. The smallest absolute Gasteiger partial charge is 0.199 e. The lowest BCUT2D eigenvalue weighted by Crippen LogP contribution is -2.67. The molecule has 6 aliphatic carbocycles. The number of allylic oxidation sites excluding steroid dienone is 4. The van der Waals surface area contributed by atoms with Crippen LogP contribution in [0.2, 0.25) is 0 Å². The van der Waals surface area contributed by atoms with Gasteiger partial charge in [-0.2, -0.15) is 0 Å². The molecule has 2 aromatic heterocycles. The zero-order chi connectivity index (χ0) is 30.7. The van der Waals surface area contributed by atoms with Crippen LogP contribution in [0.4, 0.5) is 0 Å². The number of aromatic nitrogens is 2. The van der Waals surface area contributed by atoms with Gasteiger partial charge in [0.25, 0.3) is 0 Å². The highest BCUT2D eigenvalue weighted by Gasteiger charge is 2.74. The number of nitrogens with zero attached hydrogens (tertiary/aromatic N) is 1. The first-order chi connectivity index (χ1) is 21.0. The summed E-state index contributed by atoms with van der Waals surface area (Å²) in [6, 6.07) is 9.86. The summed E-state index contributed by atoms with van der Waals surface area (Å²) in [7, 11) is 1.66. The van der Waals surface area contributed by atoms with E-state index in [9.17, 15) is 15.0 Å². The number of hydrogen-bond donors (Lipinski definition) is 3. The highest BCUT2D eigenvalue weighted by Crippen LogP contribution is 2.78. The third kappa shape index (κ3) is 3.68. The van der Waals surface area contributed by atoms with Crippen LogP contribution in [0.15, 0.2) is 59.3 Å². The van der Waals surface area contributed by atoms with Gasteiger partial charge in [0.15, 0.2) is 10.9 Å². The minimum absolute atomic E-state index is 0.0256. The number of carbonyl (C=O) groups is 1. The Labute approximate surface area is 267 Å². The maximum atomic E-state index is 14.6. The van der Waals surface area contributed by atoms with E-state index in [0.717, 1.165) is 69.4 Å². The Morgan fingerprint density at radius 1 is 1.09 bits per heavy atom. The molecule has 1 unspecified atom stereocenters.